The number of amides is 1. The van der Waals surface area contributed by atoms with Gasteiger partial charge in [-0.3, -0.25) is 4.90 Å². The van der Waals surface area contributed by atoms with Crippen LogP contribution < -0.4 is 4.90 Å². The van der Waals surface area contributed by atoms with Crippen molar-refractivity contribution in [3.63, 3.8) is 0 Å². The van der Waals surface area contributed by atoms with Crippen LogP contribution in [0.3, 0.4) is 0 Å². The first kappa shape index (κ1) is 13.8. The monoisotopic (exact) mass is 264 g/mol. The lowest BCUT2D eigenvalue weighted by Gasteiger charge is -2.30. The zero-order valence-corrected chi connectivity index (χ0v) is 11.6. The fraction of sp³-hybridized carbons (Fsp3) is 0.571. The number of rotatable bonds is 1. The Hall–Kier alpha value is -1.62. The second kappa shape index (κ2) is 5.17. The molecule has 0 radical (unpaired) electrons. The van der Waals surface area contributed by atoms with E-state index in [1.807, 2.05) is 26.8 Å². The van der Waals surface area contributed by atoms with Gasteiger partial charge in [0, 0.05) is 6.54 Å². The molecule has 1 aliphatic rings. The molecule has 1 aromatic heterocycles. The van der Waals surface area contributed by atoms with E-state index in [-0.39, 0.29) is 12.7 Å². The van der Waals surface area contributed by atoms with Crippen molar-refractivity contribution in [3.05, 3.63) is 23.4 Å². The summed E-state index contributed by atoms with van der Waals surface area (Å²) in [6.45, 7) is 5.99. The molecule has 104 valence electrons. The highest BCUT2D eigenvalue weighted by atomic mass is 16.6. The van der Waals surface area contributed by atoms with E-state index in [4.69, 9.17) is 9.84 Å². The Kier molecular flexibility index (Phi) is 3.75. The number of anilines is 1. The van der Waals surface area contributed by atoms with Crippen LogP contribution in [-0.2, 0) is 17.8 Å². The molecule has 5 nitrogen and oxygen atoms in total. The zero-order valence-electron chi connectivity index (χ0n) is 11.6. The lowest BCUT2D eigenvalue weighted by molar-refractivity contribution is 0.0576. The van der Waals surface area contributed by atoms with Gasteiger partial charge in [0.15, 0.2) is 0 Å². The van der Waals surface area contributed by atoms with Crippen LogP contribution in [-0.4, -0.2) is 28.3 Å². The number of hydrogen-bond acceptors (Lipinski definition) is 4. The number of aromatic nitrogens is 1. The third-order valence-electron chi connectivity index (χ3n) is 2.87. The number of hydrogen-bond donors (Lipinski definition) is 1. The Morgan fingerprint density at radius 2 is 2.21 bits per heavy atom. The SMILES string of the molecule is CC(C)(C)OC(=O)N1CCCc2ccc(CO)nc21. The summed E-state index contributed by atoms with van der Waals surface area (Å²) in [7, 11) is 0. The quantitative estimate of drug-likeness (QED) is 0.845. The van der Waals surface area contributed by atoms with Crippen molar-refractivity contribution in [1.82, 2.24) is 4.98 Å². The van der Waals surface area contributed by atoms with Crippen LogP contribution in [0.2, 0.25) is 0 Å². The molecule has 5 heteroatoms. The van der Waals surface area contributed by atoms with E-state index < -0.39 is 5.60 Å². The predicted octanol–water partition coefficient (Wildman–Crippen LogP) is 2.26. The summed E-state index contributed by atoms with van der Waals surface area (Å²) in [5, 5.41) is 9.15. The smallest absolute Gasteiger partial charge is 0.416 e. The van der Waals surface area contributed by atoms with Gasteiger partial charge in [-0.25, -0.2) is 9.78 Å². The van der Waals surface area contributed by atoms with E-state index in [9.17, 15) is 4.79 Å². The van der Waals surface area contributed by atoms with Crippen LogP contribution in [0.15, 0.2) is 12.1 Å². The Morgan fingerprint density at radius 3 is 2.84 bits per heavy atom. The second-order valence-corrected chi connectivity index (χ2v) is 5.68. The van der Waals surface area contributed by atoms with Crippen molar-refractivity contribution in [3.8, 4) is 0 Å². The van der Waals surface area contributed by atoms with E-state index >= 15 is 0 Å². The minimum atomic E-state index is -0.525. The summed E-state index contributed by atoms with van der Waals surface area (Å²) in [5.74, 6) is 0.618. The van der Waals surface area contributed by atoms with Crippen LogP contribution in [0.25, 0.3) is 0 Å². The molecule has 0 spiro atoms. The molecular weight excluding hydrogens is 244 g/mol. The molecule has 0 fully saturated rings. The van der Waals surface area contributed by atoms with Gasteiger partial charge < -0.3 is 9.84 Å². The Morgan fingerprint density at radius 1 is 1.47 bits per heavy atom. The topological polar surface area (TPSA) is 62.7 Å². The van der Waals surface area contributed by atoms with E-state index in [2.05, 4.69) is 4.98 Å². The van der Waals surface area contributed by atoms with Crippen LogP contribution >= 0.6 is 0 Å². The lowest BCUT2D eigenvalue weighted by atomic mass is 10.1. The van der Waals surface area contributed by atoms with Crippen molar-refractivity contribution < 1.29 is 14.6 Å². The largest absolute Gasteiger partial charge is 0.443 e. The van der Waals surface area contributed by atoms with Crippen molar-refractivity contribution in [2.75, 3.05) is 11.4 Å². The third-order valence-corrected chi connectivity index (χ3v) is 2.87. The number of carbonyl (C=O) groups is 1. The molecule has 2 heterocycles. The summed E-state index contributed by atoms with van der Waals surface area (Å²) < 4.78 is 5.39. The molecule has 0 unspecified atom stereocenters. The summed E-state index contributed by atoms with van der Waals surface area (Å²) in [5.41, 5.74) is 1.06. The molecule has 0 saturated heterocycles. The highest BCUT2D eigenvalue weighted by Gasteiger charge is 2.28. The number of aryl methyl sites for hydroxylation is 1. The molecule has 1 aromatic rings. The highest BCUT2D eigenvalue weighted by Crippen LogP contribution is 2.27. The normalized spacial score (nSPS) is 15.1. The van der Waals surface area contributed by atoms with Gasteiger partial charge in [0.2, 0.25) is 0 Å². The maximum Gasteiger partial charge on any atom is 0.416 e. The van der Waals surface area contributed by atoms with Crippen molar-refractivity contribution in [1.29, 1.82) is 0 Å². The van der Waals surface area contributed by atoms with Gasteiger partial charge >= 0.3 is 6.09 Å². The fourth-order valence-electron chi connectivity index (χ4n) is 2.06. The Bertz CT molecular complexity index is 480. The molecule has 19 heavy (non-hydrogen) atoms. The molecule has 0 bridgehead atoms. The standard InChI is InChI=1S/C14H20N2O3/c1-14(2,3)19-13(18)16-8-4-5-10-6-7-11(9-17)15-12(10)16/h6-7,17H,4-5,8-9H2,1-3H3. The second-order valence-electron chi connectivity index (χ2n) is 5.68. The van der Waals surface area contributed by atoms with E-state index in [0.29, 0.717) is 18.1 Å². The highest BCUT2D eigenvalue weighted by molar-refractivity contribution is 5.88. The van der Waals surface area contributed by atoms with E-state index in [1.54, 1.807) is 11.0 Å². The first-order chi connectivity index (χ1) is 8.90. The van der Waals surface area contributed by atoms with Crippen LogP contribution in [0.1, 0.15) is 38.4 Å². The number of pyridine rings is 1. The van der Waals surface area contributed by atoms with Crippen LogP contribution in [0, 0.1) is 0 Å². The van der Waals surface area contributed by atoms with Crippen LogP contribution in [0.5, 0.6) is 0 Å². The molecule has 2 rings (SSSR count). The lowest BCUT2D eigenvalue weighted by Crippen LogP contribution is -2.40. The van der Waals surface area contributed by atoms with Crippen LogP contribution in [0.4, 0.5) is 10.6 Å². The minimum Gasteiger partial charge on any atom is -0.443 e. The van der Waals surface area contributed by atoms with Gasteiger partial charge in [0.1, 0.15) is 11.4 Å². The summed E-state index contributed by atoms with van der Waals surface area (Å²) in [6, 6.07) is 3.71. The maximum absolute atomic E-state index is 12.2. The Labute approximate surface area is 113 Å². The minimum absolute atomic E-state index is 0.130. The van der Waals surface area contributed by atoms with Gasteiger partial charge in [0.25, 0.3) is 0 Å². The fourth-order valence-corrected chi connectivity index (χ4v) is 2.06. The molecule has 1 aliphatic heterocycles. The molecule has 0 aromatic carbocycles. The molecule has 1 N–H and O–H groups in total. The summed E-state index contributed by atoms with van der Waals surface area (Å²) in [4.78, 5) is 18.1. The first-order valence-electron chi connectivity index (χ1n) is 6.51. The summed E-state index contributed by atoms with van der Waals surface area (Å²) >= 11 is 0. The average molecular weight is 264 g/mol. The predicted molar refractivity (Wildman–Crippen MR) is 72.1 cm³/mol. The average Bonchev–Trinajstić information content (AvgIpc) is 2.35. The molecular formula is C14H20N2O3. The maximum atomic E-state index is 12.2. The number of aliphatic hydroxyl groups is 1. The van der Waals surface area contributed by atoms with Crippen molar-refractivity contribution in [2.24, 2.45) is 0 Å². The number of fused-ring (bicyclic) bond motifs is 1. The molecule has 0 saturated carbocycles. The van der Waals surface area contributed by atoms with E-state index in [1.165, 1.54) is 0 Å². The third kappa shape index (κ3) is 3.23. The van der Waals surface area contributed by atoms with Crippen molar-refractivity contribution in [2.45, 2.75) is 45.8 Å². The van der Waals surface area contributed by atoms with E-state index in [0.717, 1.165) is 18.4 Å². The molecule has 1 amide bonds. The zero-order chi connectivity index (χ0) is 14.0. The van der Waals surface area contributed by atoms with Crippen molar-refractivity contribution >= 4 is 11.9 Å². The van der Waals surface area contributed by atoms with Gasteiger partial charge in [-0.05, 0) is 45.2 Å². The first-order valence-corrected chi connectivity index (χ1v) is 6.51. The molecule has 0 aliphatic carbocycles. The summed E-state index contributed by atoms with van der Waals surface area (Å²) in [6.07, 6.45) is 1.41. The van der Waals surface area contributed by atoms with Gasteiger partial charge in [-0.15, -0.1) is 0 Å². The number of carbonyl (C=O) groups excluding carboxylic acids is 1. The molecule has 0 atom stereocenters. The van der Waals surface area contributed by atoms with Gasteiger partial charge in [-0.2, -0.15) is 0 Å². The number of nitrogens with zero attached hydrogens (tertiary/aromatic N) is 2. The Balaban J connectivity index is 2.28. The van der Waals surface area contributed by atoms with Gasteiger partial charge in [-0.1, -0.05) is 6.07 Å². The number of aliphatic hydroxyl groups excluding tert-OH is 1. The number of ether oxygens (including phenoxy) is 1. The van der Waals surface area contributed by atoms with Gasteiger partial charge in [0.05, 0.1) is 12.3 Å².